The fourth-order valence-electron chi connectivity index (χ4n) is 1.65. The second-order valence-corrected chi connectivity index (χ2v) is 6.14. The molecule has 1 heterocycles. The number of hydrogen-bond donors (Lipinski definition) is 0. The van der Waals surface area contributed by atoms with Crippen LogP contribution < -0.4 is 4.74 Å². The molecule has 0 aliphatic heterocycles. The van der Waals surface area contributed by atoms with Crippen molar-refractivity contribution in [2.45, 2.75) is 16.3 Å². The Morgan fingerprint density at radius 1 is 1.26 bits per heavy atom. The highest BCUT2D eigenvalue weighted by molar-refractivity contribution is 7.99. The summed E-state index contributed by atoms with van der Waals surface area (Å²) in [4.78, 5) is 4.74. The standard InChI is InChI=1S/C14H17NOS2.ClH/c1-15(2)8-11-9-17-10-14(11)18-13-6-4-5-12(7-13)16-3;/h4-7,9-10H,8H2,1-3H3;1H. The maximum absolute atomic E-state index is 5.25. The summed E-state index contributed by atoms with van der Waals surface area (Å²) < 4.78 is 5.25. The number of rotatable bonds is 5. The number of nitrogens with zero attached hydrogens (tertiary/aromatic N) is 1. The van der Waals surface area contributed by atoms with E-state index in [1.54, 1.807) is 30.2 Å². The van der Waals surface area contributed by atoms with E-state index in [1.165, 1.54) is 15.4 Å². The zero-order valence-electron chi connectivity index (χ0n) is 11.3. The van der Waals surface area contributed by atoms with Gasteiger partial charge in [0.05, 0.1) is 7.11 Å². The van der Waals surface area contributed by atoms with Crippen molar-refractivity contribution < 1.29 is 4.74 Å². The highest BCUT2D eigenvalue weighted by atomic mass is 35.5. The predicted molar refractivity (Wildman–Crippen MR) is 86.1 cm³/mol. The maximum Gasteiger partial charge on any atom is 0.119 e. The Morgan fingerprint density at radius 3 is 2.74 bits per heavy atom. The van der Waals surface area contributed by atoms with Gasteiger partial charge in [-0.15, -0.1) is 12.4 Å². The maximum atomic E-state index is 5.25. The topological polar surface area (TPSA) is 12.5 Å². The van der Waals surface area contributed by atoms with E-state index in [9.17, 15) is 0 Å². The molecule has 0 aliphatic rings. The molecule has 0 fully saturated rings. The van der Waals surface area contributed by atoms with Gasteiger partial charge in [-0.3, -0.25) is 0 Å². The van der Waals surface area contributed by atoms with E-state index in [-0.39, 0.29) is 12.4 Å². The molecular weight excluding hydrogens is 298 g/mol. The molecule has 0 N–H and O–H groups in total. The first-order valence-electron chi connectivity index (χ1n) is 5.70. The number of methoxy groups -OCH3 is 1. The van der Waals surface area contributed by atoms with Gasteiger partial charge in [0.1, 0.15) is 5.75 Å². The van der Waals surface area contributed by atoms with Crippen LogP contribution in [0.25, 0.3) is 0 Å². The Labute approximate surface area is 129 Å². The molecule has 0 atom stereocenters. The molecule has 0 unspecified atom stereocenters. The van der Waals surface area contributed by atoms with Gasteiger partial charge >= 0.3 is 0 Å². The largest absolute Gasteiger partial charge is 0.497 e. The fraction of sp³-hybridized carbons (Fsp3) is 0.286. The molecule has 2 aromatic rings. The first kappa shape index (κ1) is 16.4. The van der Waals surface area contributed by atoms with Crippen molar-refractivity contribution in [2.24, 2.45) is 0 Å². The van der Waals surface area contributed by atoms with Crippen LogP contribution in [0.5, 0.6) is 5.75 Å². The van der Waals surface area contributed by atoms with Crippen LogP contribution in [0.2, 0.25) is 0 Å². The zero-order valence-corrected chi connectivity index (χ0v) is 13.7. The van der Waals surface area contributed by atoms with E-state index in [2.05, 4.69) is 41.9 Å². The van der Waals surface area contributed by atoms with Crippen molar-refractivity contribution in [3.05, 3.63) is 40.6 Å². The molecule has 0 aliphatic carbocycles. The summed E-state index contributed by atoms with van der Waals surface area (Å²) in [5.41, 5.74) is 1.39. The summed E-state index contributed by atoms with van der Waals surface area (Å²) in [5.74, 6) is 0.907. The van der Waals surface area contributed by atoms with Gasteiger partial charge in [-0.25, -0.2) is 0 Å². The highest BCUT2D eigenvalue weighted by Crippen LogP contribution is 2.34. The Kier molecular flexibility index (Phi) is 6.72. The Morgan fingerprint density at radius 2 is 2.05 bits per heavy atom. The smallest absolute Gasteiger partial charge is 0.119 e. The number of hydrogen-bond acceptors (Lipinski definition) is 4. The van der Waals surface area contributed by atoms with Crippen LogP contribution in [0.15, 0.2) is 44.8 Å². The second-order valence-electron chi connectivity index (χ2n) is 4.28. The third-order valence-corrected chi connectivity index (χ3v) is 4.49. The van der Waals surface area contributed by atoms with E-state index in [0.717, 1.165) is 12.3 Å². The molecule has 5 heteroatoms. The molecule has 0 saturated heterocycles. The van der Waals surface area contributed by atoms with Crippen LogP contribution in [0.4, 0.5) is 0 Å². The van der Waals surface area contributed by atoms with Crippen LogP contribution in [-0.2, 0) is 6.54 Å². The Bertz CT molecular complexity index is 514. The lowest BCUT2D eigenvalue weighted by molar-refractivity contribution is 0.400. The van der Waals surface area contributed by atoms with Gasteiger partial charge in [0.15, 0.2) is 0 Å². The lowest BCUT2D eigenvalue weighted by atomic mass is 10.3. The monoisotopic (exact) mass is 315 g/mol. The van der Waals surface area contributed by atoms with Crippen molar-refractivity contribution in [2.75, 3.05) is 21.2 Å². The molecule has 1 aromatic carbocycles. The summed E-state index contributed by atoms with van der Waals surface area (Å²) in [5, 5.41) is 4.44. The second kappa shape index (κ2) is 7.80. The van der Waals surface area contributed by atoms with E-state index < -0.39 is 0 Å². The minimum absolute atomic E-state index is 0. The molecule has 1 aromatic heterocycles. The van der Waals surface area contributed by atoms with Crippen molar-refractivity contribution in [1.29, 1.82) is 0 Å². The molecular formula is C14H18ClNOS2. The quantitative estimate of drug-likeness (QED) is 0.812. The van der Waals surface area contributed by atoms with Crippen LogP contribution in [0, 0.1) is 0 Å². The van der Waals surface area contributed by atoms with Crippen molar-refractivity contribution in [1.82, 2.24) is 4.90 Å². The number of halogens is 1. The minimum Gasteiger partial charge on any atom is -0.497 e. The zero-order chi connectivity index (χ0) is 13.0. The summed E-state index contributed by atoms with van der Waals surface area (Å²) in [6, 6.07) is 8.18. The van der Waals surface area contributed by atoms with Crippen LogP contribution >= 0.6 is 35.5 Å². The highest BCUT2D eigenvalue weighted by Gasteiger charge is 2.07. The van der Waals surface area contributed by atoms with Crippen LogP contribution in [0.1, 0.15) is 5.56 Å². The molecule has 0 saturated carbocycles. The third-order valence-electron chi connectivity index (χ3n) is 2.46. The third kappa shape index (κ3) is 4.73. The molecule has 0 amide bonds. The Balaban J connectivity index is 0.00000180. The minimum atomic E-state index is 0. The molecule has 0 bridgehead atoms. The Hall–Kier alpha value is -0.680. The molecule has 0 radical (unpaired) electrons. The number of thiophene rings is 1. The predicted octanol–water partition coefficient (Wildman–Crippen LogP) is 4.39. The molecule has 104 valence electrons. The average molecular weight is 316 g/mol. The van der Waals surface area contributed by atoms with Gasteiger partial charge in [-0.1, -0.05) is 17.8 Å². The van der Waals surface area contributed by atoms with Gasteiger partial charge in [0, 0.05) is 21.7 Å². The first-order valence-corrected chi connectivity index (χ1v) is 7.46. The van der Waals surface area contributed by atoms with Crippen LogP contribution in [-0.4, -0.2) is 26.1 Å². The van der Waals surface area contributed by atoms with Crippen LogP contribution in [0.3, 0.4) is 0 Å². The summed E-state index contributed by atoms with van der Waals surface area (Å²) in [7, 11) is 5.89. The van der Waals surface area contributed by atoms with Gasteiger partial charge in [-0.05, 0) is 43.2 Å². The van der Waals surface area contributed by atoms with Gasteiger partial charge in [0.2, 0.25) is 0 Å². The lowest BCUT2D eigenvalue weighted by Gasteiger charge is -2.10. The van der Waals surface area contributed by atoms with Gasteiger partial charge in [-0.2, -0.15) is 11.3 Å². The molecule has 0 spiro atoms. The summed E-state index contributed by atoms with van der Waals surface area (Å²) in [6.07, 6.45) is 0. The summed E-state index contributed by atoms with van der Waals surface area (Å²) >= 11 is 3.55. The fourth-order valence-corrected chi connectivity index (χ4v) is 3.62. The summed E-state index contributed by atoms with van der Waals surface area (Å²) in [6.45, 7) is 0.982. The van der Waals surface area contributed by atoms with Gasteiger partial charge < -0.3 is 9.64 Å². The normalized spacial score (nSPS) is 10.3. The van der Waals surface area contributed by atoms with Crippen molar-refractivity contribution in [3.8, 4) is 5.75 Å². The first-order chi connectivity index (χ1) is 8.69. The number of ether oxygens (including phenoxy) is 1. The lowest BCUT2D eigenvalue weighted by Crippen LogP contribution is -2.10. The van der Waals surface area contributed by atoms with E-state index >= 15 is 0 Å². The van der Waals surface area contributed by atoms with E-state index in [4.69, 9.17) is 4.74 Å². The van der Waals surface area contributed by atoms with E-state index in [0.29, 0.717) is 0 Å². The van der Waals surface area contributed by atoms with E-state index in [1.807, 2.05) is 12.1 Å². The molecule has 2 nitrogen and oxygen atoms in total. The number of benzene rings is 1. The SMILES string of the molecule is COc1cccc(Sc2cscc2CN(C)C)c1.Cl. The molecule has 2 rings (SSSR count). The average Bonchev–Trinajstić information content (AvgIpc) is 2.76. The van der Waals surface area contributed by atoms with Crippen molar-refractivity contribution >= 4 is 35.5 Å². The van der Waals surface area contributed by atoms with Crippen molar-refractivity contribution in [3.63, 3.8) is 0 Å². The van der Waals surface area contributed by atoms with Gasteiger partial charge in [0.25, 0.3) is 0 Å². The molecule has 19 heavy (non-hydrogen) atoms.